The van der Waals surface area contributed by atoms with Crippen molar-refractivity contribution in [2.75, 3.05) is 6.73 Å². The van der Waals surface area contributed by atoms with E-state index in [9.17, 15) is 13.2 Å². The Morgan fingerprint density at radius 1 is 1.41 bits per heavy atom. The van der Waals surface area contributed by atoms with Crippen molar-refractivity contribution in [1.29, 1.82) is 0 Å². The molecule has 6 heteroatoms. The molecule has 94 valence electrons. The van der Waals surface area contributed by atoms with Gasteiger partial charge in [0, 0.05) is 9.61 Å². The van der Waals surface area contributed by atoms with Crippen molar-refractivity contribution >= 4 is 22.6 Å². The number of alkyl halides is 3. The third-order valence-corrected chi connectivity index (χ3v) is 3.73. The van der Waals surface area contributed by atoms with Gasteiger partial charge in [-0.05, 0) is 53.3 Å². The molecule has 2 atom stereocenters. The minimum atomic E-state index is -4.31. The largest absolute Gasteiger partial charge is 0.416 e. The Balaban J connectivity index is 2.39. The highest BCUT2D eigenvalue weighted by Crippen LogP contribution is 2.35. The maximum absolute atomic E-state index is 12.6. The lowest BCUT2D eigenvalue weighted by molar-refractivity contribution is -0.137. The summed E-state index contributed by atoms with van der Waals surface area (Å²) in [5.74, 6) is 0. The number of ether oxygens (including phenoxy) is 1. The van der Waals surface area contributed by atoms with Crippen molar-refractivity contribution in [3.05, 3.63) is 32.9 Å². The fraction of sp³-hybridized carbons (Fsp3) is 0.455. The van der Waals surface area contributed by atoms with Gasteiger partial charge >= 0.3 is 6.18 Å². The normalized spacial score (nSPS) is 25.2. The van der Waals surface area contributed by atoms with Gasteiger partial charge in [0.2, 0.25) is 0 Å². The molecule has 0 spiro atoms. The summed E-state index contributed by atoms with van der Waals surface area (Å²) >= 11 is 2.03. The summed E-state index contributed by atoms with van der Waals surface area (Å²) in [6.45, 7) is 2.27. The van der Waals surface area contributed by atoms with Gasteiger partial charge in [0.15, 0.2) is 0 Å². The van der Waals surface area contributed by atoms with Crippen molar-refractivity contribution in [2.45, 2.75) is 25.2 Å². The molecular weight excluding hydrogens is 346 g/mol. The average Bonchev–Trinajstić information content (AvgIpc) is 2.63. The molecule has 1 aromatic carbocycles. The van der Waals surface area contributed by atoms with Crippen molar-refractivity contribution in [1.82, 2.24) is 5.32 Å². The van der Waals surface area contributed by atoms with Crippen molar-refractivity contribution < 1.29 is 17.9 Å². The third-order valence-electron chi connectivity index (χ3n) is 2.75. The molecule has 1 aliphatic heterocycles. The Morgan fingerprint density at radius 3 is 2.65 bits per heavy atom. The lowest BCUT2D eigenvalue weighted by atomic mass is 10.0. The molecule has 0 unspecified atom stereocenters. The van der Waals surface area contributed by atoms with Crippen LogP contribution >= 0.6 is 22.6 Å². The van der Waals surface area contributed by atoms with Crippen LogP contribution in [-0.4, -0.2) is 12.8 Å². The minimum Gasteiger partial charge on any atom is -0.357 e. The van der Waals surface area contributed by atoms with Gasteiger partial charge in [-0.3, -0.25) is 5.32 Å². The van der Waals surface area contributed by atoms with Gasteiger partial charge < -0.3 is 4.74 Å². The van der Waals surface area contributed by atoms with Crippen LogP contribution in [0.1, 0.15) is 24.2 Å². The quantitative estimate of drug-likeness (QED) is 0.779. The number of rotatable bonds is 1. The van der Waals surface area contributed by atoms with Gasteiger partial charge in [0.1, 0.15) is 6.10 Å². The smallest absolute Gasteiger partial charge is 0.357 e. The molecule has 0 saturated carbocycles. The molecule has 1 saturated heterocycles. The van der Waals surface area contributed by atoms with Gasteiger partial charge in [-0.15, -0.1) is 0 Å². The van der Waals surface area contributed by atoms with E-state index in [-0.39, 0.29) is 12.1 Å². The first-order chi connectivity index (χ1) is 7.89. The summed E-state index contributed by atoms with van der Waals surface area (Å²) in [5.41, 5.74) is -0.0338. The second-order valence-corrected chi connectivity index (χ2v) is 5.12. The van der Waals surface area contributed by atoms with Crippen molar-refractivity contribution in [2.24, 2.45) is 0 Å². The maximum atomic E-state index is 12.6. The van der Waals surface area contributed by atoms with Gasteiger partial charge in [0.25, 0.3) is 0 Å². The molecule has 2 nitrogen and oxygen atoms in total. The summed E-state index contributed by atoms with van der Waals surface area (Å²) in [4.78, 5) is 0. The first kappa shape index (κ1) is 13.1. The second kappa shape index (κ2) is 4.74. The molecule has 1 aromatic rings. The number of hydrogen-bond acceptors (Lipinski definition) is 2. The van der Waals surface area contributed by atoms with E-state index in [2.05, 4.69) is 5.32 Å². The number of halogens is 4. The monoisotopic (exact) mass is 357 g/mol. The van der Waals surface area contributed by atoms with Gasteiger partial charge in [-0.2, -0.15) is 13.2 Å². The molecule has 2 rings (SSSR count). The Labute approximate surface area is 111 Å². The Hall–Kier alpha value is -0.340. The highest BCUT2D eigenvalue weighted by Gasteiger charge is 2.33. The molecule has 1 aliphatic rings. The lowest BCUT2D eigenvalue weighted by Crippen LogP contribution is -2.22. The number of hydrogen-bond donors (Lipinski definition) is 1. The van der Waals surface area contributed by atoms with Crippen molar-refractivity contribution in [3.8, 4) is 0 Å². The fourth-order valence-corrected chi connectivity index (χ4v) is 2.46. The van der Waals surface area contributed by atoms with Gasteiger partial charge in [-0.1, -0.05) is 0 Å². The highest BCUT2D eigenvalue weighted by atomic mass is 127. The molecule has 1 N–H and O–H groups in total. The van der Waals surface area contributed by atoms with E-state index in [0.29, 0.717) is 12.3 Å². The van der Waals surface area contributed by atoms with Crippen molar-refractivity contribution in [3.63, 3.8) is 0 Å². The molecule has 1 fully saturated rings. The molecular formula is C11H11F3INO. The average molecular weight is 357 g/mol. The summed E-state index contributed by atoms with van der Waals surface area (Å²) in [5, 5.41) is 3.05. The van der Waals surface area contributed by atoms with Gasteiger partial charge in [-0.25, -0.2) is 0 Å². The van der Waals surface area contributed by atoms with Crippen LogP contribution < -0.4 is 5.32 Å². The Morgan fingerprint density at radius 2 is 2.12 bits per heavy atom. The third kappa shape index (κ3) is 2.74. The number of benzene rings is 1. The van der Waals surface area contributed by atoms with E-state index in [1.54, 1.807) is 0 Å². The zero-order valence-corrected chi connectivity index (χ0v) is 11.2. The summed E-state index contributed by atoms with van der Waals surface area (Å²) in [6, 6.07) is 3.77. The molecule has 0 bridgehead atoms. The predicted molar refractivity (Wildman–Crippen MR) is 65.5 cm³/mol. The van der Waals surface area contributed by atoms with Crippen LogP contribution in [0.25, 0.3) is 0 Å². The van der Waals surface area contributed by atoms with E-state index in [0.717, 1.165) is 9.64 Å². The summed E-state index contributed by atoms with van der Waals surface area (Å²) < 4.78 is 44.1. The van der Waals surface area contributed by atoms with Crippen LogP contribution in [0.4, 0.5) is 13.2 Å². The van der Waals surface area contributed by atoms with Gasteiger partial charge in [0.05, 0.1) is 12.3 Å². The Bertz CT molecular complexity index is 422. The predicted octanol–water partition coefficient (Wildman–Crippen LogP) is 3.32. The lowest BCUT2D eigenvalue weighted by Gasteiger charge is -2.18. The van der Waals surface area contributed by atoms with E-state index in [4.69, 9.17) is 4.74 Å². The maximum Gasteiger partial charge on any atom is 0.416 e. The molecule has 0 radical (unpaired) electrons. The van der Waals surface area contributed by atoms with E-state index in [1.807, 2.05) is 29.5 Å². The topological polar surface area (TPSA) is 21.3 Å². The molecule has 17 heavy (non-hydrogen) atoms. The fourth-order valence-electron chi connectivity index (χ4n) is 1.82. The van der Waals surface area contributed by atoms with Crippen LogP contribution in [0, 0.1) is 3.57 Å². The van der Waals surface area contributed by atoms with Crippen LogP contribution in [0.15, 0.2) is 18.2 Å². The molecule has 0 aromatic heterocycles. The Kier molecular flexibility index (Phi) is 3.65. The van der Waals surface area contributed by atoms with E-state index in [1.165, 1.54) is 12.1 Å². The summed E-state index contributed by atoms with van der Waals surface area (Å²) in [7, 11) is 0. The SMILES string of the molecule is C[C@H]1NCO[C@@H]1c1cc(C(F)(F)F)ccc1I. The standard InChI is InChI=1S/C11H11F3INO/c1-6-10(17-5-16-6)8-4-7(11(12,13)14)2-3-9(8)15/h2-4,6,10,16H,5H2,1H3/t6-,10+/m1/s1. The molecule has 0 amide bonds. The first-order valence-electron chi connectivity index (χ1n) is 5.11. The zero-order chi connectivity index (χ0) is 12.6. The first-order valence-corrected chi connectivity index (χ1v) is 6.19. The van der Waals surface area contributed by atoms with E-state index >= 15 is 0 Å². The van der Waals surface area contributed by atoms with Crippen LogP contribution in [-0.2, 0) is 10.9 Å². The zero-order valence-electron chi connectivity index (χ0n) is 9.01. The van der Waals surface area contributed by atoms with Crippen LogP contribution in [0.3, 0.4) is 0 Å². The highest BCUT2D eigenvalue weighted by molar-refractivity contribution is 14.1. The van der Waals surface area contributed by atoms with Crippen LogP contribution in [0.5, 0.6) is 0 Å². The van der Waals surface area contributed by atoms with E-state index < -0.39 is 11.7 Å². The molecule has 0 aliphatic carbocycles. The number of nitrogens with one attached hydrogen (secondary N) is 1. The summed E-state index contributed by atoms with van der Waals surface area (Å²) in [6.07, 6.45) is -4.63. The second-order valence-electron chi connectivity index (χ2n) is 3.96. The molecule has 1 heterocycles. The van der Waals surface area contributed by atoms with Crippen LogP contribution in [0.2, 0.25) is 0 Å². The minimum absolute atomic E-state index is 0.0204.